The fourth-order valence-corrected chi connectivity index (χ4v) is 4.99. The molecule has 1 N–H and O–H groups in total. The Hall–Kier alpha value is -3.86. The summed E-state index contributed by atoms with van der Waals surface area (Å²) in [5, 5.41) is 8.32. The Balaban J connectivity index is 1.38. The van der Waals surface area contributed by atoms with E-state index in [1.807, 2.05) is 88.7 Å². The topological polar surface area (TPSA) is 111 Å². The molecule has 0 spiro atoms. The van der Waals surface area contributed by atoms with Crippen LogP contribution in [-0.2, 0) is 20.8 Å². The summed E-state index contributed by atoms with van der Waals surface area (Å²) >= 11 is 0. The average Bonchev–Trinajstić information content (AvgIpc) is 3.69. The van der Waals surface area contributed by atoms with E-state index in [0.717, 1.165) is 24.1 Å². The van der Waals surface area contributed by atoms with Gasteiger partial charge in [-0.3, -0.25) is 4.90 Å². The van der Waals surface area contributed by atoms with Gasteiger partial charge in [0, 0.05) is 25.1 Å². The first-order valence-corrected chi connectivity index (χ1v) is 15.1. The molecule has 43 heavy (non-hydrogen) atoms. The van der Waals surface area contributed by atoms with E-state index in [2.05, 4.69) is 5.32 Å². The van der Waals surface area contributed by atoms with Crippen LogP contribution in [0.25, 0.3) is 5.65 Å². The number of hydrogen-bond acceptors (Lipinski definition) is 8. The number of imidazole rings is 1. The molecule has 0 bridgehead atoms. The highest BCUT2D eigenvalue weighted by Crippen LogP contribution is 2.41. The van der Waals surface area contributed by atoms with E-state index in [9.17, 15) is 9.59 Å². The van der Waals surface area contributed by atoms with Crippen molar-refractivity contribution in [1.82, 2.24) is 19.5 Å². The number of ether oxygens (including phenoxy) is 3. The van der Waals surface area contributed by atoms with Crippen LogP contribution < -0.4 is 10.2 Å². The van der Waals surface area contributed by atoms with Crippen LogP contribution in [0.5, 0.6) is 0 Å². The van der Waals surface area contributed by atoms with E-state index >= 15 is 0 Å². The molecule has 1 atom stereocenters. The van der Waals surface area contributed by atoms with E-state index < -0.39 is 17.3 Å². The number of carbonyl (C=O) groups is 2. The van der Waals surface area contributed by atoms with Crippen LogP contribution in [0.4, 0.5) is 21.1 Å². The highest BCUT2D eigenvalue weighted by Gasteiger charge is 2.32. The summed E-state index contributed by atoms with van der Waals surface area (Å²) in [5.74, 6) is 1.02. The Labute approximate surface area is 253 Å². The molecule has 2 aromatic heterocycles. The lowest BCUT2D eigenvalue weighted by Crippen LogP contribution is -2.47. The standard InChI is InChI=1S/C32H44N6O5/c1-31(2,3)42-29(39)36-16-17-41-24(21-36)14-15-33-27-18-25(28-34-19-26(23-12-13-23)38(28)35-27)37(30(40)43-32(4,5)6)20-22-10-8-7-9-11-22/h7-11,18-19,23-24H,12-17,20-21H2,1-6H3,(H,33,35). The van der Waals surface area contributed by atoms with Gasteiger partial charge in [-0.2, -0.15) is 0 Å². The lowest BCUT2D eigenvalue weighted by molar-refractivity contribution is -0.0432. The van der Waals surface area contributed by atoms with Gasteiger partial charge in [-0.05, 0) is 66.4 Å². The van der Waals surface area contributed by atoms with Crippen LogP contribution in [0.15, 0.2) is 42.6 Å². The van der Waals surface area contributed by atoms with E-state index in [1.54, 1.807) is 9.80 Å². The molecule has 2 amide bonds. The van der Waals surface area contributed by atoms with Gasteiger partial charge in [0.25, 0.3) is 0 Å². The number of morpholine rings is 1. The molecule has 1 aliphatic heterocycles. The Bertz CT molecular complexity index is 1420. The molecule has 5 rings (SSSR count). The largest absolute Gasteiger partial charge is 0.444 e. The second-order valence-corrected chi connectivity index (χ2v) is 13.3. The number of nitrogens with one attached hydrogen (secondary N) is 1. The van der Waals surface area contributed by atoms with Crippen LogP contribution in [-0.4, -0.2) is 75.2 Å². The molecule has 3 aromatic rings. The minimum atomic E-state index is -0.668. The normalized spacial score (nSPS) is 17.5. The molecule has 1 aromatic carbocycles. The average molecular weight is 593 g/mol. The molecule has 1 saturated heterocycles. The molecule has 232 valence electrons. The summed E-state index contributed by atoms with van der Waals surface area (Å²) in [7, 11) is 0. The number of fused-ring (bicyclic) bond motifs is 1. The molecule has 2 aliphatic rings. The van der Waals surface area contributed by atoms with E-state index in [0.29, 0.717) is 62.3 Å². The van der Waals surface area contributed by atoms with E-state index in [1.165, 1.54) is 0 Å². The second kappa shape index (κ2) is 12.4. The minimum absolute atomic E-state index is 0.136. The van der Waals surface area contributed by atoms with Crippen molar-refractivity contribution in [2.24, 2.45) is 0 Å². The van der Waals surface area contributed by atoms with Crippen molar-refractivity contribution in [2.45, 2.75) is 90.6 Å². The van der Waals surface area contributed by atoms with E-state index in [4.69, 9.17) is 24.3 Å². The molecule has 11 heteroatoms. The summed E-state index contributed by atoms with van der Waals surface area (Å²) in [6.07, 6.45) is 3.80. The molecule has 1 aliphatic carbocycles. The number of anilines is 2. The molecular formula is C32H44N6O5. The molecule has 2 fully saturated rings. The molecule has 3 heterocycles. The number of rotatable bonds is 8. The highest BCUT2D eigenvalue weighted by molar-refractivity contribution is 5.93. The van der Waals surface area contributed by atoms with Gasteiger partial charge in [0.15, 0.2) is 5.65 Å². The Morgan fingerprint density at radius 1 is 1.07 bits per heavy atom. The Kier molecular flexibility index (Phi) is 8.82. The van der Waals surface area contributed by atoms with Gasteiger partial charge < -0.3 is 24.4 Å². The Morgan fingerprint density at radius 2 is 1.79 bits per heavy atom. The van der Waals surface area contributed by atoms with Crippen molar-refractivity contribution < 1.29 is 23.8 Å². The highest BCUT2D eigenvalue weighted by atomic mass is 16.6. The molecule has 11 nitrogen and oxygen atoms in total. The quantitative estimate of drug-likeness (QED) is 0.340. The van der Waals surface area contributed by atoms with Crippen molar-refractivity contribution in [1.29, 1.82) is 0 Å². The number of nitrogens with zero attached hydrogens (tertiary/aromatic N) is 5. The fraction of sp³-hybridized carbons (Fsp3) is 0.562. The third kappa shape index (κ3) is 8.16. The molecule has 0 radical (unpaired) electrons. The maximum atomic E-state index is 13.6. The van der Waals surface area contributed by atoms with Gasteiger partial charge in [0.1, 0.15) is 17.0 Å². The zero-order valence-electron chi connectivity index (χ0n) is 26.1. The van der Waals surface area contributed by atoms with Gasteiger partial charge in [0.05, 0.1) is 43.4 Å². The number of carbonyl (C=O) groups excluding carboxylic acids is 2. The first-order chi connectivity index (χ1) is 20.4. The van der Waals surface area contributed by atoms with Crippen LogP contribution in [0.3, 0.4) is 0 Å². The van der Waals surface area contributed by atoms with Crippen LogP contribution >= 0.6 is 0 Å². The number of aromatic nitrogens is 3. The first kappa shape index (κ1) is 30.6. The zero-order chi connectivity index (χ0) is 30.8. The number of hydrogen-bond donors (Lipinski definition) is 1. The molecule has 1 saturated carbocycles. The molecule has 1 unspecified atom stereocenters. The maximum absolute atomic E-state index is 13.6. The summed E-state index contributed by atoms with van der Waals surface area (Å²) in [4.78, 5) is 34.3. The first-order valence-electron chi connectivity index (χ1n) is 15.1. The third-order valence-electron chi connectivity index (χ3n) is 7.12. The third-order valence-corrected chi connectivity index (χ3v) is 7.12. The van der Waals surface area contributed by atoms with Gasteiger partial charge >= 0.3 is 12.2 Å². The van der Waals surface area contributed by atoms with Gasteiger partial charge in [-0.25, -0.2) is 19.1 Å². The summed E-state index contributed by atoms with van der Waals surface area (Å²) in [6.45, 7) is 13.5. The smallest absolute Gasteiger partial charge is 0.415 e. The maximum Gasteiger partial charge on any atom is 0.415 e. The van der Waals surface area contributed by atoms with Crippen molar-refractivity contribution in [3.63, 3.8) is 0 Å². The van der Waals surface area contributed by atoms with Crippen LogP contribution in [0.1, 0.15) is 78.0 Å². The lowest BCUT2D eigenvalue weighted by atomic mass is 10.2. The van der Waals surface area contributed by atoms with Crippen molar-refractivity contribution in [3.8, 4) is 0 Å². The fourth-order valence-electron chi connectivity index (χ4n) is 4.99. The van der Waals surface area contributed by atoms with Crippen LogP contribution in [0, 0.1) is 0 Å². The predicted molar refractivity (Wildman–Crippen MR) is 164 cm³/mol. The van der Waals surface area contributed by atoms with Crippen molar-refractivity contribution in [2.75, 3.05) is 36.5 Å². The van der Waals surface area contributed by atoms with Crippen molar-refractivity contribution in [3.05, 3.63) is 53.9 Å². The summed E-state index contributed by atoms with van der Waals surface area (Å²) in [5.41, 5.74) is 2.01. The lowest BCUT2D eigenvalue weighted by Gasteiger charge is -2.34. The minimum Gasteiger partial charge on any atom is -0.444 e. The zero-order valence-corrected chi connectivity index (χ0v) is 26.1. The van der Waals surface area contributed by atoms with Crippen LogP contribution in [0.2, 0.25) is 0 Å². The monoisotopic (exact) mass is 592 g/mol. The van der Waals surface area contributed by atoms with Gasteiger partial charge in [0.2, 0.25) is 0 Å². The van der Waals surface area contributed by atoms with Crippen molar-refractivity contribution >= 4 is 29.3 Å². The SMILES string of the molecule is CC(C)(C)OC(=O)N1CCOC(CCNc2cc(N(Cc3ccccc3)C(=O)OC(C)(C)C)c3ncc(C4CC4)n3n2)C1. The van der Waals surface area contributed by atoms with Gasteiger partial charge in [-0.15, -0.1) is 5.10 Å². The molecular weight excluding hydrogens is 548 g/mol. The van der Waals surface area contributed by atoms with E-state index in [-0.39, 0.29) is 12.2 Å². The number of amides is 2. The summed E-state index contributed by atoms with van der Waals surface area (Å²) in [6, 6.07) is 11.7. The Morgan fingerprint density at radius 3 is 2.47 bits per heavy atom. The predicted octanol–water partition coefficient (Wildman–Crippen LogP) is 5.99. The summed E-state index contributed by atoms with van der Waals surface area (Å²) < 4.78 is 19.2. The second-order valence-electron chi connectivity index (χ2n) is 13.3. The van der Waals surface area contributed by atoms with Gasteiger partial charge in [-0.1, -0.05) is 30.3 Å². The number of benzene rings is 1.